The van der Waals surface area contributed by atoms with Gasteiger partial charge >= 0.3 is 7.82 Å². The van der Waals surface area contributed by atoms with E-state index in [0.29, 0.717) is 28.5 Å². The molecule has 7 nitrogen and oxygen atoms in total. The van der Waals surface area contributed by atoms with Crippen LogP contribution >= 0.6 is 7.82 Å². The fourth-order valence-corrected chi connectivity index (χ4v) is 11.0. The molecule has 0 bridgehead atoms. The minimum atomic E-state index is -4.04. The summed E-state index contributed by atoms with van der Waals surface area (Å²) in [6, 6.07) is 0. The highest BCUT2D eigenvalue weighted by Gasteiger charge is 2.59. The van der Waals surface area contributed by atoms with Crippen LogP contribution in [0.25, 0.3) is 0 Å². The number of quaternary nitrogens is 1. The fraction of sp³-hybridized carbons (Fsp3) is 0.944. The molecular formula is C36H68NO6P. The first-order chi connectivity index (χ1) is 20.1. The number of hydrogen-bond acceptors (Lipinski definition) is 5. The van der Waals surface area contributed by atoms with Crippen LogP contribution in [0.3, 0.4) is 0 Å². The molecule has 4 rings (SSSR count). The van der Waals surface area contributed by atoms with Crippen LogP contribution in [-0.4, -0.2) is 68.5 Å². The molecule has 0 saturated heterocycles. The lowest BCUT2D eigenvalue weighted by atomic mass is 9.47. The minimum absolute atomic E-state index is 0. The van der Waals surface area contributed by atoms with Crippen molar-refractivity contribution in [3.05, 3.63) is 11.6 Å². The van der Waals surface area contributed by atoms with Crippen LogP contribution in [0.15, 0.2) is 11.6 Å². The third kappa shape index (κ3) is 8.79. The molecule has 44 heavy (non-hydrogen) atoms. The van der Waals surface area contributed by atoms with Gasteiger partial charge in [-0.3, -0.25) is 9.05 Å². The molecule has 0 spiro atoms. The van der Waals surface area contributed by atoms with E-state index < -0.39 is 7.82 Å². The summed E-state index contributed by atoms with van der Waals surface area (Å²) < 4.78 is 29.4. The highest BCUT2D eigenvalue weighted by Crippen LogP contribution is 2.67. The molecule has 0 amide bonds. The predicted molar refractivity (Wildman–Crippen MR) is 179 cm³/mol. The third-order valence-corrected chi connectivity index (χ3v) is 14.0. The number of rotatable bonds is 15. The number of allylic oxidation sites excluding steroid dienone is 1. The van der Waals surface area contributed by atoms with Crippen molar-refractivity contribution in [3.63, 3.8) is 0 Å². The van der Waals surface area contributed by atoms with E-state index in [2.05, 4.69) is 47.6 Å². The van der Waals surface area contributed by atoms with Gasteiger partial charge in [0.05, 0.1) is 40.5 Å². The second-order valence-electron chi connectivity index (χ2n) is 16.8. The quantitative estimate of drug-likeness (QED) is 0.0832. The highest BCUT2D eigenvalue weighted by molar-refractivity contribution is 7.47. The average Bonchev–Trinajstić information content (AvgIpc) is 3.27. The van der Waals surface area contributed by atoms with Crippen molar-refractivity contribution >= 4 is 7.82 Å². The van der Waals surface area contributed by atoms with Crippen LogP contribution in [0.5, 0.6) is 0 Å². The molecule has 0 aromatic heterocycles. The number of phosphoric ester groups is 1. The number of fused-ring (bicyclic) bond motifs is 5. The van der Waals surface area contributed by atoms with Crippen molar-refractivity contribution in [1.29, 1.82) is 0 Å². The average molecular weight is 642 g/mol. The van der Waals surface area contributed by atoms with Crippen LogP contribution in [0.2, 0.25) is 0 Å². The maximum Gasteiger partial charge on any atom is 0.472 e. The van der Waals surface area contributed by atoms with E-state index in [1.807, 2.05) is 21.1 Å². The molecular weight excluding hydrogens is 573 g/mol. The van der Waals surface area contributed by atoms with E-state index >= 15 is 0 Å². The SMILES string of the molecule is CC[C@H](CC[C@@H](C)[C@H]1CC[C@H]2[C@@H]3CC=C4C[C@@H](OCCOP(=O)(O)OCC[N+](C)(C)C)CC[C@]4(C)[C@H]3CC[C@]12C)C(C)C.[OH-]. The van der Waals surface area contributed by atoms with Gasteiger partial charge in [0.1, 0.15) is 13.2 Å². The van der Waals surface area contributed by atoms with Crippen molar-refractivity contribution in [2.75, 3.05) is 47.5 Å². The van der Waals surface area contributed by atoms with Gasteiger partial charge in [0, 0.05) is 0 Å². The normalized spacial score (nSPS) is 36.3. The first-order valence-corrected chi connectivity index (χ1v) is 19.3. The van der Waals surface area contributed by atoms with Crippen LogP contribution in [-0.2, 0) is 18.3 Å². The molecule has 2 N–H and O–H groups in total. The summed E-state index contributed by atoms with van der Waals surface area (Å²) in [7, 11) is 2.02. The van der Waals surface area contributed by atoms with Gasteiger partial charge in [-0.2, -0.15) is 0 Å². The molecule has 0 radical (unpaired) electrons. The van der Waals surface area contributed by atoms with Gasteiger partial charge in [-0.15, -0.1) is 0 Å². The topological polar surface area (TPSA) is 95.0 Å². The molecule has 8 heteroatoms. The Morgan fingerprint density at radius 1 is 0.977 bits per heavy atom. The number of hydrogen-bond donors (Lipinski definition) is 1. The lowest BCUT2D eigenvalue weighted by molar-refractivity contribution is -0.870. The molecule has 0 aromatic carbocycles. The monoisotopic (exact) mass is 641 g/mol. The molecule has 0 aliphatic heterocycles. The summed E-state index contributed by atoms with van der Waals surface area (Å²) in [5.41, 5.74) is 2.44. The van der Waals surface area contributed by atoms with Gasteiger partial charge < -0.3 is 19.6 Å². The van der Waals surface area contributed by atoms with E-state index in [0.717, 1.165) is 54.3 Å². The van der Waals surface area contributed by atoms with E-state index in [1.165, 1.54) is 57.8 Å². The maximum atomic E-state index is 12.2. The van der Waals surface area contributed by atoms with Crippen LogP contribution in [0.4, 0.5) is 0 Å². The van der Waals surface area contributed by atoms with Gasteiger partial charge in [0.25, 0.3) is 0 Å². The number of nitrogens with zero attached hydrogens (tertiary/aromatic N) is 1. The smallest absolute Gasteiger partial charge is 0.472 e. The molecule has 10 atom stereocenters. The van der Waals surface area contributed by atoms with E-state index in [1.54, 1.807) is 5.57 Å². The largest absolute Gasteiger partial charge is 0.870 e. The Bertz CT molecular complexity index is 996. The maximum absolute atomic E-state index is 12.2. The summed E-state index contributed by atoms with van der Waals surface area (Å²) in [5.74, 6) is 5.94. The Kier molecular flexibility index (Phi) is 13.3. The first-order valence-electron chi connectivity index (χ1n) is 17.8. The molecule has 0 aromatic rings. The summed E-state index contributed by atoms with van der Waals surface area (Å²) in [5, 5.41) is 0. The summed E-state index contributed by atoms with van der Waals surface area (Å²) in [6.07, 6.45) is 17.1. The predicted octanol–water partition coefficient (Wildman–Crippen LogP) is 8.71. The fourth-order valence-electron chi connectivity index (χ4n) is 10.3. The molecule has 4 aliphatic carbocycles. The van der Waals surface area contributed by atoms with Gasteiger partial charge in [-0.05, 0) is 110 Å². The van der Waals surface area contributed by atoms with Crippen molar-refractivity contribution in [2.45, 2.75) is 118 Å². The van der Waals surface area contributed by atoms with Crippen molar-refractivity contribution in [2.24, 2.45) is 52.3 Å². The number of ether oxygens (including phenoxy) is 1. The van der Waals surface area contributed by atoms with Crippen molar-refractivity contribution < 1.29 is 33.2 Å². The Labute approximate surface area is 270 Å². The molecule has 3 saturated carbocycles. The Morgan fingerprint density at radius 3 is 2.34 bits per heavy atom. The standard InChI is InChI=1S/C36H66NO5P.H2O/c1-10-28(26(2)3)12-11-27(4)32-15-16-33-31-14-13-29-25-30(17-19-35(29,5)34(31)18-20-36(32,33)6)40-23-24-42-43(38,39)41-22-21-37(7,8)9;/h13,26-28,30-34H,10-12,14-25H2,1-9H3;1H2/t27-,28-,30+,31+,32-,33+,34+,35+,36-;/m1./s1. The number of likely N-dealkylation sites (N-methyl/N-ethyl adjacent to an activating group) is 1. The van der Waals surface area contributed by atoms with Gasteiger partial charge in [0.15, 0.2) is 0 Å². The molecule has 4 aliphatic rings. The molecule has 3 fully saturated rings. The van der Waals surface area contributed by atoms with Gasteiger partial charge in [0.2, 0.25) is 0 Å². The first kappa shape index (κ1) is 38.2. The van der Waals surface area contributed by atoms with E-state index in [4.69, 9.17) is 13.8 Å². The summed E-state index contributed by atoms with van der Waals surface area (Å²) >= 11 is 0. The lowest BCUT2D eigenvalue weighted by Gasteiger charge is -2.58. The Balaban J connectivity index is 0.00000529. The lowest BCUT2D eigenvalue weighted by Crippen LogP contribution is -2.51. The summed E-state index contributed by atoms with van der Waals surface area (Å²) in [4.78, 5) is 9.99. The van der Waals surface area contributed by atoms with Crippen molar-refractivity contribution in [1.82, 2.24) is 0 Å². The highest BCUT2D eigenvalue weighted by atomic mass is 31.2. The van der Waals surface area contributed by atoms with E-state index in [-0.39, 0.29) is 24.8 Å². The van der Waals surface area contributed by atoms with Crippen molar-refractivity contribution in [3.8, 4) is 0 Å². The van der Waals surface area contributed by atoms with Crippen LogP contribution in [0.1, 0.15) is 112 Å². The Morgan fingerprint density at radius 2 is 1.68 bits per heavy atom. The molecule has 1 unspecified atom stereocenters. The zero-order valence-electron chi connectivity index (χ0n) is 29.7. The zero-order chi connectivity index (χ0) is 31.6. The second kappa shape index (κ2) is 15.3. The van der Waals surface area contributed by atoms with Crippen LogP contribution < -0.4 is 0 Å². The minimum Gasteiger partial charge on any atom is -0.870 e. The number of phosphoric acid groups is 1. The second-order valence-corrected chi connectivity index (χ2v) is 18.3. The molecule has 258 valence electrons. The van der Waals surface area contributed by atoms with E-state index in [9.17, 15) is 9.46 Å². The summed E-state index contributed by atoms with van der Waals surface area (Å²) in [6.45, 7) is 16.3. The van der Waals surface area contributed by atoms with Gasteiger partial charge in [-0.1, -0.05) is 66.0 Å². The zero-order valence-corrected chi connectivity index (χ0v) is 30.6. The molecule has 0 heterocycles. The van der Waals surface area contributed by atoms with Gasteiger partial charge in [-0.25, -0.2) is 4.57 Å². The van der Waals surface area contributed by atoms with Crippen LogP contribution in [0, 0.1) is 52.3 Å². The Hall–Kier alpha value is -0.270. The third-order valence-electron chi connectivity index (χ3n) is 13.0.